The van der Waals surface area contributed by atoms with Gasteiger partial charge in [-0.15, -0.1) is 0 Å². The van der Waals surface area contributed by atoms with Gasteiger partial charge in [-0.1, -0.05) is 35.3 Å². The van der Waals surface area contributed by atoms with Crippen molar-refractivity contribution in [2.24, 2.45) is 0 Å². The zero-order valence-electron chi connectivity index (χ0n) is 12.7. The molecule has 23 heavy (non-hydrogen) atoms. The van der Waals surface area contributed by atoms with E-state index in [0.717, 1.165) is 5.56 Å². The monoisotopic (exact) mass is 350 g/mol. The molecule has 0 saturated carbocycles. The Morgan fingerprint density at radius 1 is 1.04 bits per heavy atom. The number of amides is 2. The quantitative estimate of drug-likeness (QED) is 0.856. The predicted octanol–water partition coefficient (Wildman–Crippen LogP) is 4.44. The molecule has 0 fully saturated rings. The van der Waals surface area contributed by atoms with Gasteiger partial charge in [-0.05, 0) is 42.3 Å². The zero-order chi connectivity index (χ0) is 17.0. The minimum absolute atomic E-state index is 0.139. The van der Waals surface area contributed by atoms with E-state index < -0.39 is 0 Å². The van der Waals surface area contributed by atoms with Crippen LogP contribution in [-0.2, 0) is 16.0 Å². The molecule has 0 aliphatic heterocycles. The van der Waals surface area contributed by atoms with Crippen molar-refractivity contribution in [3.8, 4) is 0 Å². The van der Waals surface area contributed by atoms with Crippen LogP contribution in [-0.4, -0.2) is 11.8 Å². The van der Waals surface area contributed by atoms with Crippen molar-refractivity contribution in [3.05, 3.63) is 57.6 Å². The Bertz CT molecular complexity index is 760. The molecule has 2 amide bonds. The molecular formula is C17H16Cl2N2O2. The number of aryl methyl sites for hydroxylation is 1. The number of hydrogen-bond acceptors (Lipinski definition) is 2. The summed E-state index contributed by atoms with van der Waals surface area (Å²) in [7, 11) is 0. The van der Waals surface area contributed by atoms with Gasteiger partial charge in [0.2, 0.25) is 11.8 Å². The van der Waals surface area contributed by atoms with Crippen LogP contribution in [0.3, 0.4) is 0 Å². The Morgan fingerprint density at radius 2 is 1.78 bits per heavy atom. The van der Waals surface area contributed by atoms with Crippen LogP contribution in [0.4, 0.5) is 11.4 Å². The summed E-state index contributed by atoms with van der Waals surface area (Å²) in [5.41, 5.74) is 2.87. The Morgan fingerprint density at radius 3 is 2.43 bits per heavy atom. The van der Waals surface area contributed by atoms with E-state index in [1.165, 1.54) is 6.92 Å². The van der Waals surface area contributed by atoms with Crippen molar-refractivity contribution in [2.45, 2.75) is 20.3 Å². The van der Waals surface area contributed by atoms with Crippen molar-refractivity contribution in [2.75, 3.05) is 10.6 Å². The van der Waals surface area contributed by atoms with E-state index in [1.54, 1.807) is 30.3 Å². The maximum absolute atomic E-state index is 12.2. The van der Waals surface area contributed by atoms with Gasteiger partial charge in [0.1, 0.15) is 0 Å². The van der Waals surface area contributed by atoms with Gasteiger partial charge < -0.3 is 10.6 Å². The number of nitrogens with one attached hydrogen (secondary N) is 2. The third-order valence-electron chi connectivity index (χ3n) is 3.20. The zero-order valence-corrected chi connectivity index (χ0v) is 14.3. The van der Waals surface area contributed by atoms with E-state index in [4.69, 9.17) is 23.2 Å². The molecule has 4 nitrogen and oxygen atoms in total. The van der Waals surface area contributed by atoms with Crippen molar-refractivity contribution < 1.29 is 9.59 Å². The van der Waals surface area contributed by atoms with Gasteiger partial charge in [-0.25, -0.2) is 0 Å². The van der Waals surface area contributed by atoms with E-state index in [9.17, 15) is 9.59 Å². The molecule has 120 valence electrons. The van der Waals surface area contributed by atoms with Gasteiger partial charge in [0, 0.05) is 28.3 Å². The lowest BCUT2D eigenvalue weighted by Crippen LogP contribution is -2.16. The first-order valence-electron chi connectivity index (χ1n) is 6.97. The molecule has 2 aromatic rings. The lowest BCUT2D eigenvalue weighted by molar-refractivity contribution is -0.116. The van der Waals surface area contributed by atoms with E-state index in [1.807, 2.05) is 13.0 Å². The van der Waals surface area contributed by atoms with Gasteiger partial charge in [0.05, 0.1) is 6.42 Å². The predicted molar refractivity (Wildman–Crippen MR) is 94.3 cm³/mol. The van der Waals surface area contributed by atoms with E-state index >= 15 is 0 Å². The first-order chi connectivity index (χ1) is 10.8. The number of anilines is 2. The highest BCUT2D eigenvalue weighted by molar-refractivity contribution is 6.35. The summed E-state index contributed by atoms with van der Waals surface area (Å²) in [6.45, 7) is 3.31. The summed E-state index contributed by atoms with van der Waals surface area (Å²) in [6.07, 6.45) is 0.139. The fourth-order valence-corrected chi connectivity index (χ4v) is 2.55. The molecule has 0 atom stereocenters. The van der Waals surface area contributed by atoms with Crippen LogP contribution >= 0.6 is 23.2 Å². The standard InChI is InChI=1S/C17H16Cl2N2O2/c1-10-3-6-14(20-11(2)22)9-16(10)21-17(23)7-12-4-5-13(18)8-15(12)19/h3-6,8-9H,7H2,1-2H3,(H,20,22)(H,21,23). The number of benzene rings is 2. The lowest BCUT2D eigenvalue weighted by atomic mass is 10.1. The van der Waals surface area contributed by atoms with Gasteiger partial charge >= 0.3 is 0 Å². The first-order valence-corrected chi connectivity index (χ1v) is 7.73. The Labute approximate surface area is 144 Å². The Kier molecular flexibility index (Phi) is 5.64. The van der Waals surface area contributed by atoms with Crippen LogP contribution in [0.2, 0.25) is 10.0 Å². The summed E-state index contributed by atoms with van der Waals surface area (Å²) in [5, 5.41) is 6.50. The number of carbonyl (C=O) groups is 2. The maximum atomic E-state index is 12.2. The molecular weight excluding hydrogens is 335 g/mol. The number of rotatable bonds is 4. The number of halogens is 2. The molecule has 2 rings (SSSR count). The van der Waals surface area contributed by atoms with E-state index in [2.05, 4.69) is 10.6 Å². The third kappa shape index (κ3) is 4.98. The topological polar surface area (TPSA) is 58.2 Å². The van der Waals surface area contributed by atoms with Crippen LogP contribution in [0.15, 0.2) is 36.4 Å². The minimum Gasteiger partial charge on any atom is -0.326 e. The molecule has 0 heterocycles. The summed E-state index contributed by atoms with van der Waals surface area (Å²) < 4.78 is 0. The number of carbonyl (C=O) groups excluding carboxylic acids is 2. The molecule has 0 aliphatic rings. The second-order valence-electron chi connectivity index (χ2n) is 5.17. The van der Waals surface area contributed by atoms with E-state index in [-0.39, 0.29) is 18.2 Å². The molecule has 0 aliphatic carbocycles. The van der Waals surface area contributed by atoms with Gasteiger partial charge in [-0.3, -0.25) is 9.59 Å². The molecule has 0 radical (unpaired) electrons. The largest absolute Gasteiger partial charge is 0.326 e. The van der Waals surface area contributed by atoms with Gasteiger partial charge in [0.15, 0.2) is 0 Å². The molecule has 0 unspecified atom stereocenters. The average molecular weight is 351 g/mol. The SMILES string of the molecule is CC(=O)Nc1ccc(C)c(NC(=O)Cc2ccc(Cl)cc2Cl)c1. The lowest BCUT2D eigenvalue weighted by Gasteiger charge is -2.11. The highest BCUT2D eigenvalue weighted by Crippen LogP contribution is 2.23. The maximum Gasteiger partial charge on any atom is 0.228 e. The summed E-state index contributed by atoms with van der Waals surface area (Å²) in [4.78, 5) is 23.3. The summed E-state index contributed by atoms with van der Waals surface area (Å²) in [6, 6.07) is 10.4. The molecule has 0 bridgehead atoms. The number of hydrogen-bond donors (Lipinski definition) is 2. The van der Waals surface area contributed by atoms with Crippen molar-refractivity contribution in [3.63, 3.8) is 0 Å². The van der Waals surface area contributed by atoms with Crippen molar-refractivity contribution in [1.82, 2.24) is 0 Å². The van der Waals surface area contributed by atoms with Gasteiger partial charge in [-0.2, -0.15) is 0 Å². The minimum atomic E-state index is -0.197. The smallest absolute Gasteiger partial charge is 0.228 e. The Hall–Kier alpha value is -2.04. The summed E-state index contributed by atoms with van der Waals surface area (Å²) >= 11 is 11.9. The average Bonchev–Trinajstić information content (AvgIpc) is 2.45. The van der Waals surface area contributed by atoms with Crippen LogP contribution in [0.1, 0.15) is 18.1 Å². The molecule has 0 spiro atoms. The van der Waals surface area contributed by atoms with Crippen molar-refractivity contribution >= 4 is 46.4 Å². The third-order valence-corrected chi connectivity index (χ3v) is 3.79. The molecule has 0 saturated heterocycles. The van der Waals surface area contributed by atoms with E-state index in [0.29, 0.717) is 27.0 Å². The first kappa shape index (κ1) is 17.3. The van der Waals surface area contributed by atoms with Crippen LogP contribution in [0.5, 0.6) is 0 Å². The Balaban J connectivity index is 2.11. The van der Waals surface area contributed by atoms with Crippen LogP contribution in [0.25, 0.3) is 0 Å². The second kappa shape index (κ2) is 7.49. The van der Waals surface area contributed by atoms with Gasteiger partial charge in [0.25, 0.3) is 0 Å². The molecule has 2 N–H and O–H groups in total. The van der Waals surface area contributed by atoms with Crippen molar-refractivity contribution in [1.29, 1.82) is 0 Å². The fourth-order valence-electron chi connectivity index (χ4n) is 2.07. The normalized spacial score (nSPS) is 10.3. The highest BCUT2D eigenvalue weighted by atomic mass is 35.5. The molecule has 0 aromatic heterocycles. The molecule has 6 heteroatoms. The fraction of sp³-hybridized carbons (Fsp3) is 0.176. The molecule has 2 aromatic carbocycles. The summed E-state index contributed by atoms with van der Waals surface area (Å²) in [5.74, 6) is -0.364. The van der Waals surface area contributed by atoms with Crippen LogP contribution in [0, 0.1) is 6.92 Å². The second-order valence-corrected chi connectivity index (χ2v) is 6.02. The van der Waals surface area contributed by atoms with Crippen LogP contribution < -0.4 is 10.6 Å². The highest BCUT2D eigenvalue weighted by Gasteiger charge is 2.10.